The number of alkyl halides is 7. The van der Waals surface area contributed by atoms with Gasteiger partial charge in [-0.15, -0.1) is 0 Å². The number of halogens is 7. The van der Waals surface area contributed by atoms with Gasteiger partial charge in [-0.1, -0.05) is 0 Å². The standard InChI is InChI=1S/C5H5F7O3S/c1-16(13,14)15-2-3(6,7)4(8,9)5(10,11)12/h2H2,1H3. The van der Waals surface area contributed by atoms with Crippen molar-refractivity contribution in [3.05, 3.63) is 0 Å². The Morgan fingerprint density at radius 1 is 1.00 bits per heavy atom. The Bertz CT molecular complexity index is 344. The zero-order valence-corrected chi connectivity index (χ0v) is 8.30. The maximum absolute atomic E-state index is 12.4. The Kier molecular flexibility index (Phi) is 3.87. The highest BCUT2D eigenvalue weighted by atomic mass is 32.2. The van der Waals surface area contributed by atoms with Crippen LogP contribution in [-0.2, 0) is 14.3 Å². The third kappa shape index (κ3) is 3.47. The van der Waals surface area contributed by atoms with Gasteiger partial charge in [-0.25, -0.2) is 0 Å². The Balaban J connectivity index is 4.93. The highest BCUT2D eigenvalue weighted by Crippen LogP contribution is 2.46. The van der Waals surface area contributed by atoms with E-state index in [-0.39, 0.29) is 6.26 Å². The number of hydrogen-bond donors (Lipinski definition) is 0. The first-order valence-electron chi connectivity index (χ1n) is 3.37. The Hall–Kier alpha value is -0.580. The zero-order valence-electron chi connectivity index (χ0n) is 7.49. The van der Waals surface area contributed by atoms with Crippen LogP contribution in [0, 0.1) is 0 Å². The molecule has 0 N–H and O–H groups in total. The van der Waals surface area contributed by atoms with Gasteiger partial charge in [0.2, 0.25) is 0 Å². The van der Waals surface area contributed by atoms with Gasteiger partial charge in [-0.3, -0.25) is 4.18 Å². The highest BCUT2D eigenvalue weighted by molar-refractivity contribution is 7.85. The van der Waals surface area contributed by atoms with E-state index in [0.29, 0.717) is 0 Å². The van der Waals surface area contributed by atoms with Gasteiger partial charge in [0.1, 0.15) is 6.61 Å². The Morgan fingerprint density at radius 2 is 1.38 bits per heavy atom. The molecule has 0 spiro atoms. The fourth-order valence-corrected chi connectivity index (χ4v) is 0.841. The predicted octanol–water partition coefficient (Wildman–Crippen LogP) is 1.80. The molecule has 0 aromatic rings. The number of hydrogen-bond acceptors (Lipinski definition) is 3. The Labute approximate surface area is 85.3 Å². The first kappa shape index (κ1) is 15.4. The van der Waals surface area contributed by atoms with Gasteiger partial charge in [0.15, 0.2) is 0 Å². The summed E-state index contributed by atoms with van der Waals surface area (Å²) in [7, 11) is -4.54. The molecular formula is C5H5F7O3S. The van der Waals surface area contributed by atoms with E-state index in [1.807, 2.05) is 0 Å². The molecule has 0 aromatic heterocycles. The van der Waals surface area contributed by atoms with E-state index in [2.05, 4.69) is 4.18 Å². The second-order valence-electron chi connectivity index (χ2n) is 2.74. The molecule has 16 heavy (non-hydrogen) atoms. The van der Waals surface area contributed by atoms with Crippen molar-refractivity contribution in [1.29, 1.82) is 0 Å². The summed E-state index contributed by atoms with van der Waals surface area (Å²) >= 11 is 0. The second kappa shape index (κ2) is 4.02. The first-order chi connectivity index (χ1) is 6.71. The second-order valence-corrected chi connectivity index (χ2v) is 4.39. The van der Waals surface area contributed by atoms with Crippen molar-refractivity contribution < 1.29 is 43.3 Å². The molecule has 0 bridgehead atoms. The van der Waals surface area contributed by atoms with E-state index in [1.165, 1.54) is 0 Å². The molecule has 98 valence electrons. The normalized spacial score (nSPS) is 15.2. The highest BCUT2D eigenvalue weighted by Gasteiger charge is 2.73. The van der Waals surface area contributed by atoms with Gasteiger partial charge < -0.3 is 0 Å². The molecule has 11 heteroatoms. The van der Waals surface area contributed by atoms with E-state index in [9.17, 15) is 39.2 Å². The molecule has 0 aliphatic heterocycles. The average Bonchev–Trinajstić information content (AvgIpc) is 1.97. The molecule has 0 aliphatic rings. The molecule has 0 saturated heterocycles. The lowest BCUT2D eigenvalue weighted by Crippen LogP contribution is -2.54. The monoisotopic (exact) mass is 278 g/mol. The minimum absolute atomic E-state index is 0.231. The summed E-state index contributed by atoms with van der Waals surface area (Å²) in [6, 6.07) is 0. The van der Waals surface area contributed by atoms with Gasteiger partial charge in [-0.2, -0.15) is 39.2 Å². The van der Waals surface area contributed by atoms with Crippen LogP contribution in [0.2, 0.25) is 0 Å². The summed E-state index contributed by atoms with van der Waals surface area (Å²) in [6.07, 6.45) is -6.27. The van der Waals surface area contributed by atoms with Crippen LogP contribution in [0.15, 0.2) is 0 Å². The van der Waals surface area contributed by atoms with Crippen molar-refractivity contribution in [1.82, 2.24) is 0 Å². The van der Waals surface area contributed by atoms with E-state index in [0.717, 1.165) is 0 Å². The zero-order chi connectivity index (χ0) is 13.4. The molecule has 0 atom stereocenters. The van der Waals surface area contributed by atoms with Crippen LogP contribution in [0.4, 0.5) is 30.7 Å². The third-order valence-corrected chi connectivity index (χ3v) is 1.82. The molecule has 0 saturated carbocycles. The lowest BCUT2D eigenvalue weighted by molar-refractivity contribution is -0.358. The largest absolute Gasteiger partial charge is 0.459 e. The van der Waals surface area contributed by atoms with Crippen molar-refractivity contribution >= 4 is 10.1 Å². The maximum atomic E-state index is 12.4. The molecular weight excluding hydrogens is 273 g/mol. The fourth-order valence-electron chi connectivity index (χ4n) is 0.479. The molecule has 0 aromatic carbocycles. The third-order valence-electron chi connectivity index (χ3n) is 1.27. The van der Waals surface area contributed by atoms with Crippen molar-refractivity contribution in [3.8, 4) is 0 Å². The quantitative estimate of drug-likeness (QED) is 0.581. The van der Waals surface area contributed by atoms with Gasteiger partial charge in [-0.05, 0) is 0 Å². The summed E-state index contributed by atoms with van der Waals surface area (Å²) < 4.78 is 107. The molecule has 0 radical (unpaired) electrons. The summed E-state index contributed by atoms with van der Waals surface area (Å²) in [4.78, 5) is 0. The van der Waals surface area contributed by atoms with Crippen LogP contribution >= 0.6 is 0 Å². The molecule has 0 rings (SSSR count). The van der Waals surface area contributed by atoms with Gasteiger partial charge in [0, 0.05) is 0 Å². The van der Waals surface area contributed by atoms with Crippen molar-refractivity contribution in [2.24, 2.45) is 0 Å². The summed E-state index contributed by atoms with van der Waals surface area (Å²) in [5.74, 6) is -12.0. The van der Waals surface area contributed by atoms with Gasteiger partial charge in [0.25, 0.3) is 10.1 Å². The van der Waals surface area contributed by atoms with E-state index < -0.39 is 34.7 Å². The van der Waals surface area contributed by atoms with Crippen LogP contribution in [0.3, 0.4) is 0 Å². The molecule has 0 aliphatic carbocycles. The van der Waals surface area contributed by atoms with Gasteiger partial charge in [0.05, 0.1) is 6.26 Å². The summed E-state index contributed by atoms with van der Waals surface area (Å²) in [5.41, 5.74) is 0. The molecule has 0 amide bonds. The lowest BCUT2D eigenvalue weighted by Gasteiger charge is -2.27. The van der Waals surface area contributed by atoms with Crippen molar-refractivity contribution in [2.45, 2.75) is 18.0 Å². The number of rotatable bonds is 4. The Morgan fingerprint density at radius 3 is 1.62 bits per heavy atom. The van der Waals surface area contributed by atoms with Gasteiger partial charge >= 0.3 is 18.0 Å². The molecule has 0 fully saturated rings. The van der Waals surface area contributed by atoms with Crippen LogP contribution in [0.25, 0.3) is 0 Å². The van der Waals surface area contributed by atoms with Crippen molar-refractivity contribution in [2.75, 3.05) is 12.9 Å². The van der Waals surface area contributed by atoms with Crippen LogP contribution in [0.1, 0.15) is 0 Å². The van der Waals surface area contributed by atoms with Crippen molar-refractivity contribution in [3.63, 3.8) is 0 Å². The smallest absolute Gasteiger partial charge is 0.264 e. The minimum atomic E-state index is -6.50. The van der Waals surface area contributed by atoms with Crippen LogP contribution in [-0.4, -0.2) is 39.3 Å². The average molecular weight is 278 g/mol. The van der Waals surface area contributed by atoms with Crippen LogP contribution in [0.5, 0.6) is 0 Å². The van der Waals surface area contributed by atoms with E-state index in [4.69, 9.17) is 0 Å². The SMILES string of the molecule is CS(=O)(=O)OCC(F)(F)C(F)(F)C(F)(F)F. The van der Waals surface area contributed by atoms with E-state index in [1.54, 1.807) is 0 Å². The first-order valence-corrected chi connectivity index (χ1v) is 5.19. The molecule has 0 heterocycles. The lowest BCUT2D eigenvalue weighted by atomic mass is 10.2. The fraction of sp³-hybridized carbons (Fsp3) is 1.00. The van der Waals surface area contributed by atoms with Crippen LogP contribution < -0.4 is 0 Å². The predicted molar refractivity (Wildman–Crippen MR) is 36.7 cm³/mol. The maximum Gasteiger partial charge on any atom is 0.459 e. The topological polar surface area (TPSA) is 43.4 Å². The summed E-state index contributed by atoms with van der Waals surface area (Å²) in [5, 5.41) is 0. The van der Waals surface area contributed by atoms with E-state index >= 15 is 0 Å². The molecule has 3 nitrogen and oxygen atoms in total. The molecule has 0 unspecified atom stereocenters. The minimum Gasteiger partial charge on any atom is -0.264 e. The summed E-state index contributed by atoms with van der Waals surface area (Å²) in [6.45, 7) is -2.58.